The van der Waals surface area contributed by atoms with Crippen molar-refractivity contribution in [1.82, 2.24) is 19.5 Å². The highest BCUT2D eigenvalue weighted by atomic mass is 16.3. The second-order valence-corrected chi connectivity index (χ2v) is 15.6. The highest BCUT2D eigenvalue weighted by Gasteiger charge is 2.25. The summed E-state index contributed by atoms with van der Waals surface area (Å²) in [5.41, 5.74) is 11.1. The van der Waals surface area contributed by atoms with Crippen molar-refractivity contribution in [3.63, 3.8) is 0 Å². The summed E-state index contributed by atoms with van der Waals surface area (Å²) in [5.74, 6) is 1.67. The number of fused-ring (bicyclic) bond motifs is 10. The fourth-order valence-corrected chi connectivity index (χ4v) is 9.21. The Bertz CT molecular complexity index is 3900. The van der Waals surface area contributed by atoms with Gasteiger partial charge in [0.1, 0.15) is 22.3 Å². The summed E-state index contributed by atoms with van der Waals surface area (Å²) in [4.78, 5) is 16.2. The maximum Gasteiger partial charge on any atom is 0.166 e. The third-order valence-electron chi connectivity index (χ3n) is 12.0. The number of rotatable bonds is 5. The fourth-order valence-electron chi connectivity index (χ4n) is 9.21. The van der Waals surface area contributed by atoms with Crippen LogP contribution >= 0.6 is 0 Å². The van der Waals surface area contributed by atoms with Crippen LogP contribution in [0.5, 0.6) is 0 Å². The van der Waals surface area contributed by atoms with E-state index in [9.17, 15) is 0 Å². The van der Waals surface area contributed by atoms with Crippen molar-refractivity contribution in [2.75, 3.05) is 0 Å². The second-order valence-electron chi connectivity index (χ2n) is 15.6. The van der Waals surface area contributed by atoms with Gasteiger partial charge in [0.2, 0.25) is 0 Å². The monoisotopic (exact) mass is 780 g/mol. The van der Waals surface area contributed by atoms with E-state index in [1.165, 1.54) is 21.5 Å². The minimum atomic E-state index is 0.543. The molecule has 0 aliphatic rings. The summed E-state index contributed by atoms with van der Waals surface area (Å²) in [6.45, 7) is 0. The van der Waals surface area contributed by atoms with Crippen LogP contribution in [0.4, 0.5) is 0 Å². The Kier molecular flexibility index (Phi) is 7.21. The molecule has 0 amide bonds. The molecule has 4 aromatic heterocycles. The topological polar surface area (TPSA) is 69.9 Å². The summed E-state index contributed by atoms with van der Waals surface area (Å²) >= 11 is 0. The largest absolute Gasteiger partial charge is 0.456 e. The van der Waals surface area contributed by atoms with Gasteiger partial charge in [0, 0.05) is 43.4 Å². The average molecular weight is 781 g/mol. The summed E-state index contributed by atoms with van der Waals surface area (Å²) in [6, 6.07) is 67.4. The van der Waals surface area contributed by atoms with Gasteiger partial charge in [-0.25, -0.2) is 15.0 Å². The van der Waals surface area contributed by atoms with Crippen LogP contribution in [0.1, 0.15) is 0 Å². The van der Waals surface area contributed by atoms with Gasteiger partial charge in [0.05, 0.1) is 22.3 Å². The fraction of sp³-hybridized carbons (Fsp3) is 0. The molecule has 6 heteroatoms. The van der Waals surface area contributed by atoms with Gasteiger partial charge in [-0.2, -0.15) is 0 Å². The molecule has 0 aliphatic heterocycles. The molecule has 0 spiro atoms. The van der Waals surface area contributed by atoms with Crippen LogP contribution in [0.25, 0.3) is 127 Å². The smallest absolute Gasteiger partial charge is 0.166 e. The number of hydrogen-bond acceptors (Lipinski definition) is 5. The summed E-state index contributed by atoms with van der Waals surface area (Å²) < 4.78 is 15.2. The van der Waals surface area contributed by atoms with Crippen molar-refractivity contribution in [3.8, 4) is 51.0 Å². The lowest BCUT2D eigenvalue weighted by Crippen LogP contribution is -2.04. The van der Waals surface area contributed by atoms with Gasteiger partial charge < -0.3 is 13.4 Å². The predicted octanol–water partition coefficient (Wildman–Crippen LogP) is 14.6. The Balaban J connectivity index is 1.15. The normalized spacial score (nSPS) is 11.9. The van der Waals surface area contributed by atoms with Crippen LogP contribution in [-0.4, -0.2) is 19.5 Å². The molecule has 9 aromatic carbocycles. The van der Waals surface area contributed by atoms with Gasteiger partial charge >= 0.3 is 0 Å². The molecule has 0 N–H and O–H groups in total. The molecule has 13 aromatic rings. The van der Waals surface area contributed by atoms with E-state index in [2.05, 4.69) is 150 Å². The molecule has 0 saturated heterocycles. The lowest BCUT2D eigenvalue weighted by Gasteiger charge is -2.16. The summed E-state index contributed by atoms with van der Waals surface area (Å²) in [7, 11) is 0. The van der Waals surface area contributed by atoms with E-state index in [1.54, 1.807) is 0 Å². The van der Waals surface area contributed by atoms with E-state index in [4.69, 9.17) is 23.8 Å². The minimum Gasteiger partial charge on any atom is -0.456 e. The molecule has 0 saturated carbocycles. The molecular weight excluding hydrogens is 749 g/mol. The molecule has 0 unspecified atom stereocenters. The third kappa shape index (κ3) is 5.26. The number of furan rings is 2. The first kappa shape index (κ1) is 33.6. The summed E-state index contributed by atoms with van der Waals surface area (Å²) in [6.07, 6.45) is 0. The summed E-state index contributed by atoms with van der Waals surface area (Å²) in [5, 5.41) is 8.68. The standard InChI is InChI=1S/C55H32N4O2/c1-2-13-33(14-3-1)34-17-12-18-37(29-34)53-56-54(38-25-27-49-43(31-38)40-20-7-10-23-47(40)60-49)58-55(57-53)52-45(26-28-50-51(52)41-21-8-11-24-48(41)61-50)59-44-22-9-6-19-39(44)42-30-35-15-4-5-16-36(35)32-46(42)59/h1-32H. The molecule has 0 bridgehead atoms. The molecule has 6 nitrogen and oxygen atoms in total. The van der Waals surface area contributed by atoms with Crippen molar-refractivity contribution in [2.24, 2.45) is 0 Å². The zero-order chi connectivity index (χ0) is 40.0. The van der Waals surface area contributed by atoms with Gasteiger partial charge in [-0.3, -0.25) is 0 Å². The number of aromatic nitrogens is 4. The van der Waals surface area contributed by atoms with Gasteiger partial charge in [0.25, 0.3) is 0 Å². The Morgan fingerprint density at radius 3 is 1.75 bits per heavy atom. The zero-order valence-electron chi connectivity index (χ0n) is 32.6. The molecule has 4 heterocycles. The molecule has 0 aliphatic carbocycles. The first-order valence-corrected chi connectivity index (χ1v) is 20.4. The maximum atomic E-state index is 6.60. The quantitative estimate of drug-likeness (QED) is 0.174. The predicted molar refractivity (Wildman–Crippen MR) is 248 cm³/mol. The van der Waals surface area contributed by atoms with Crippen molar-refractivity contribution in [3.05, 3.63) is 194 Å². The van der Waals surface area contributed by atoms with Gasteiger partial charge in [0.15, 0.2) is 17.5 Å². The molecule has 0 fully saturated rings. The third-order valence-corrected chi connectivity index (χ3v) is 12.0. The Labute approximate surface area is 348 Å². The van der Waals surface area contributed by atoms with Gasteiger partial charge in [-0.15, -0.1) is 0 Å². The van der Waals surface area contributed by atoms with Crippen LogP contribution in [0.15, 0.2) is 203 Å². The lowest BCUT2D eigenvalue weighted by atomic mass is 10.0. The first-order chi connectivity index (χ1) is 30.2. The SMILES string of the molecule is c1ccc(-c2cccc(-c3nc(-c4ccc5oc6ccccc6c5c4)nc(-c4c(-n5c6ccccc6c6cc7ccccc7cc65)ccc5oc6ccccc6c45)n3)c2)cc1. The van der Waals surface area contributed by atoms with E-state index in [1.807, 2.05) is 48.5 Å². The average Bonchev–Trinajstić information content (AvgIpc) is 4.00. The highest BCUT2D eigenvalue weighted by Crippen LogP contribution is 2.44. The number of hydrogen-bond donors (Lipinski definition) is 0. The maximum absolute atomic E-state index is 6.60. The van der Waals surface area contributed by atoms with Gasteiger partial charge in [-0.1, -0.05) is 127 Å². The van der Waals surface area contributed by atoms with Crippen molar-refractivity contribution < 1.29 is 8.83 Å². The molecule has 0 atom stereocenters. The molecule has 0 radical (unpaired) electrons. The molecule has 13 rings (SSSR count). The Morgan fingerprint density at radius 2 is 0.918 bits per heavy atom. The second kappa shape index (κ2) is 13.1. The molecule has 284 valence electrons. The lowest BCUT2D eigenvalue weighted by molar-refractivity contribution is 0.668. The van der Waals surface area contributed by atoms with E-state index in [0.29, 0.717) is 17.5 Å². The Morgan fingerprint density at radius 1 is 0.328 bits per heavy atom. The van der Waals surface area contributed by atoms with E-state index < -0.39 is 0 Å². The van der Waals surface area contributed by atoms with E-state index >= 15 is 0 Å². The molecular formula is C55H32N4O2. The van der Waals surface area contributed by atoms with E-state index in [0.717, 1.165) is 88.4 Å². The van der Waals surface area contributed by atoms with Crippen LogP contribution in [0, 0.1) is 0 Å². The minimum absolute atomic E-state index is 0.543. The highest BCUT2D eigenvalue weighted by molar-refractivity contribution is 6.17. The Hall–Kier alpha value is -8.35. The number of benzene rings is 9. The van der Waals surface area contributed by atoms with Crippen LogP contribution in [0.2, 0.25) is 0 Å². The molecule has 61 heavy (non-hydrogen) atoms. The number of nitrogens with zero attached hydrogens (tertiary/aromatic N) is 4. The van der Waals surface area contributed by atoms with Crippen LogP contribution in [-0.2, 0) is 0 Å². The van der Waals surface area contributed by atoms with Crippen LogP contribution in [0.3, 0.4) is 0 Å². The van der Waals surface area contributed by atoms with Crippen LogP contribution < -0.4 is 0 Å². The van der Waals surface area contributed by atoms with Crippen molar-refractivity contribution >= 4 is 76.5 Å². The van der Waals surface area contributed by atoms with E-state index in [-0.39, 0.29) is 0 Å². The van der Waals surface area contributed by atoms with Crippen molar-refractivity contribution in [2.45, 2.75) is 0 Å². The number of para-hydroxylation sites is 3. The first-order valence-electron chi connectivity index (χ1n) is 20.4. The van der Waals surface area contributed by atoms with Crippen molar-refractivity contribution in [1.29, 1.82) is 0 Å². The zero-order valence-corrected chi connectivity index (χ0v) is 32.6. The van der Waals surface area contributed by atoms with Gasteiger partial charge in [-0.05, 0) is 88.6 Å².